The summed E-state index contributed by atoms with van der Waals surface area (Å²) >= 11 is 0. The molecule has 2 aromatic rings. The van der Waals surface area contributed by atoms with Crippen LogP contribution in [0, 0.1) is 0 Å². The van der Waals surface area contributed by atoms with Crippen LogP contribution in [0.3, 0.4) is 0 Å². The van der Waals surface area contributed by atoms with E-state index in [1.807, 2.05) is 37.3 Å². The fraction of sp³-hybridized carbons (Fsp3) is 0.188. The average Bonchev–Trinajstić information content (AvgIpc) is 2.71. The molecule has 0 fully saturated rings. The Labute approximate surface area is 124 Å². The van der Waals surface area contributed by atoms with Gasteiger partial charge in [-0.2, -0.15) is 0 Å². The molecule has 0 saturated carbocycles. The second kappa shape index (κ2) is 5.00. The van der Waals surface area contributed by atoms with E-state index in [2.05, 4.69) is 0 Å². The second-order valence-corrected chi connectivity index (χ2v) is 6.72. The van der Waals surface area contributed by atoms with Crippen LogP contribution in [0.5, 0.6) is 0 Å². The van der Waals surface area contributed by atoms with Crippen LogP contribution >= 0.6 is 0 Å². The van der Waals surface area contributed by atoms with Crippen molar-refractivity contribution in [2.45, 2.75) is 24.3 Å². The molecule has 1 aliphatic rings. The zero-order valence-electron chi connectivity index (χ0n) is 11.6. The van der Waals surface area contributed by atoms with Crippen molar-refractivity contribution in [3.8, 4) is 0 Å². The third-order valence-electron chi connectivity index (χ3n) is 3.71. The van der Waals surface area contributed by atoms with Crippen molar-refractivity contribution >= 4 is 15.9 Å². The Kier molecular flexibility index (Phi) is 3.29. The SMILES string of the molecule is CC[C@@H](c1ccccc1)N1C(=O)c2ccccc2S1(=O)=O. The van der Waals surface area contributed by atoms with Gasteiger partial charge in [0.15, 0.2) is 0 Å². The van der Waals surface area contributed by atoms with Gasteiger partial charge in [-0.15, -0.1) is 0 Å². The molecule has 108 valence electrons. The number of rotatable bonds is 3. The van der Waals surface area contributed by atoms with Gasteiger partial charge in [0, 0.05) is 0 Å². The summed E-state index contributed by atoms with van der Waals surface area (Å²) in [7, 11) is -3.77. The zero-order chi connectivity index (χ0) is 15.0. The molecule has 0 radical (unpaired) electrons. The molecule has 0 aliphatic carbocycles. The lowest BCUT2D eigenvalue weighted by atomic mass is 10.0. The van der Waals surface area contributed by atoms with Crippen molar-refractivity contribution in [2.75, 3.05) is 0 Å². The predicted octanol–water partition coefficient (Wildman–Crippen LogP) is 2.98. The topological polar surface area (TPSA) is 54.5 Å². The first-order chi connectivity index (χ1) is 10.1. The van der Waals surface area contributed by atoms with Crippen LogP contribution in [0.1, 0.15) is 35.3 Å². The van der Waals surface area contributed by atoms with Crippen molar-refractivity contribution in [1.82, 2.24) is 4.31 Å². The van der Waals surface area contributed by atoms with Crippen molar-refractivity contribution in [3.05, 3.63) is 65.7 Å². The minimum absolute atomic E-state index is 0.101. The smallest absolute Gasteiger partial charge is 0.268 e. The minimum atomic E-state index is -3.77. The highest BCUT2D eigenvalue weighted by Gasteiger charge is 2.44. The lowest BCUT2D eigenvalue weighted by molar-refractivity contribution is 0.0829. The molecule has 2 aromatic carbocycles. The van der Waals surface area contributed by atoms with E-state index < -0.39 is 22.0 Å². The summed E-state index contributed by atoms with van der Waals surface area (Å²) in [5.74, 6) is -0.443. The van der Waals surface area contributed by atoms with Crippen molar-refractivity contribution in [2.24, 2.45) is 0 Å². The molecule has 0 N–H and O–H groups in total. The van der Waals surface area contributed by atoms with Gasteiger partial charge < -0.3 is 0 Å². The Morgan fingerprint density at radius 2 is 1.62 bits per heavy atom. The molecule has 1 aliphatic heterocycles. The Bertz CT molecular complexity index is 784. The number of amides is 1. The van der Waals surface area contributed by atoms with Crippen LogP contribution in [0.2, 0.25) is 0 Å². The highest BCUT2D eigenvalue weighted by atomic mass is 32.2. The fourth-order valence-electron chi connectivity index (χ4n) is 2.72. The van der Waals surface area contributed by atoms with Gasteiger partial charge in [0.05, 0.1) is 11.6 Å². The monoisotopic (exact) mass is 301 g/mol. The third-order valence-corrected chi connectivity index (χ3v) is 5.56. The number of hydrogen-bond donors (Lipinski definition) is 0. The van der Waals surface area contributed by atoms with E-state index in [-0.39, 0.29) is 10.5 Å². The molecule has 1 atom stereocenters. The van der Waals surface area contributed by atoms with Gasteiger partial charge in [0.1, 0.15) is 4.90 Å². The molecule has 0 bridgehead atoms. The molecule has 21 heavy (non-hydrogen) atoms. The largest absolute Gasteiger partial charge is 0.269 e. The molecular formula is C16H15NO3S. The van der Waals surface area contributed by atoms with E-state index in [1.165, 1.54) is 6.07 Å². The van der Waals surface area contributed by atoms with E-state index in [0.29, 0.717) is 6.42 Å². The number of carbonyl (C=O) groups excluding carboxylic acids is 1. The maximum Gasteiger partial charge on any atom is 0.269 e. The van der Waals surface area contributed by atoms with Gasteiger partial charge in [0.2, 0.25) is 0 Å². The van der Waals surface area contributed by atoms with Crippen LogP contribution in [0.15, 0.2) is 59.5 Å². The summed E-state index contributed by atoms with van der Waals surface area (Å²) in [6, 6.07) is 15.1. The van der Waals surface area contributed by atoms with Crippen molar-refractivity contribution in [3.63, 3.8) is 0 Å². The lowest BCUT2D eigenvalue weighted by Crippen LogP contribution is -2.34. The molecular weight excluding hydrogens is 286 g/mol. The molecule has 4 nitrogen and oxygen atoms in total. The van der Waals surface area contributed by atoms with Crippen molar-refractivity contribution < 1.29 is 13.2 Å². The van der Waals surface area contributed by atoms with Crippen LogP contribution in [-0.2, 0) is 10.0 Å². The van der Waals surface area contributed by atoms with E-state index in [9.17, 15) is 13.2 Å². The van der Waals surface area contributed by atoms with E-state index in [0.717, 1.165) is 9.87 Å². The number of sulfonamides is 1. The third kappa shape index (κ3) is 2.05. The van der Waals surface area contributed by atoms with Gasteiger partial charge in [-0.1, -0.05) is 49.4 Å². The van der Waals surface area contributed by atoms with E-state index in [1.54, 1.807) is 18.2 Å². The summed E-state index contributed by atoms with van der Waals surface area (Å²) in [5, 5.41) is 0. The Balaban J connectivity index is 2.14. The maximum absolute atomic E-state index is 12.7. The second-order valence-electron chi connectivity index (χ2n) is 4.94. The van der Waals surface area contributed by atoms with E-state index in [4.69, 9.17) is 0 Å². The first kappa shape index (κ1) is 13.8. The molecule has 5 heteroatoms. The van der Waals surface area contributed by atoms with E-state index >= 15 is 0 Å². The molecule has 0 aromatic heterocycles. The van der Waals surface area contributed by atoms with Gasteiger partial charge in [-0.25, -0.2) is 12.7 Å². The number of carbonyl (C=O) groups is 1. The summed E-state index contributed by atoms with van der Waals surface area (Å²) in [6.45, 7) is 1.88. The molecule has 0 spiro atoms. The summed E-state index contributed by atoms with van der Waals surface area (Å²) in [4.78, 5) is 12.6. The highest BCUT2D eigenvalue weighted by Crippen LogP contribution is 2.38. The molecule has 0 unspecified atom stereocenters. The predicted molar refractivity (Wildman–Crippen MR) is 79.3 cm³/mol. The summed E-state index contributed by atoms with van der Waals surface area (Å²) in [6.07, 6.45) is 0.531. The van der Waals surface area contributed by atoms with Crippen LogP contribution in [-0.4, -0.2) is 18.6 Å². The zero-order valence-corrected chi connectivity index (χ0v) is 12.4. The van der Waals surface area contributed by atoms with Crippen LogP contribution < -0.4 is 0 Å². The number of benzene rings is 2. The Hall–Kier alpha value is -2.14. The number of fused-ring (bicyclic) bond motifs is 1. The Morgan fingerprint density at radius 3 is 2.24 bits per heavy atom. The molecule has 1 heterocycles. The van der Waals surface area contributed by atoms with Crippen LogP contribution in [0.25, 0.3) is 0 Å². The summed E-state index contributed by atoms with van der Waals surface area (Å²) in [5.41, 5.74) is 1.08. The minimum Gasteiger partial charge on any atom is -0.268 e. The number of nitrogens with zero attached hydrogens (tertiary/aromatic N) is 1. The fourth-order valence-corrected chi connectivity index (χ4v) is 4.54. The van der Waals surface area contributed by atoms with Gasteiger partial charge in [0.25, 0.3) is 15.9 Å². The van der Waals surface area contributed by atoms with Gasteiger partial charge in [-0.3, -0.25) is 4.79 Å². The quantitative estimate of drug-likeness (QED) is 0.875. The molecule has 3 rings (SSSR count). The standard InChI is InChI=1S/C16H15NO3S/c1-2-14(12-8-4-3-5-9-12)17-16(18)13-10-6-7-11-15(13)21(17,19)20/h3-11,14H,2H2,1H3/t14-/m0/s1. The highest BCUT2D eigenvalue weighted by molar-refractivity contribution is 7.90. The molecule has 0 saturated heterocycles. The average molecular weight is 301 g/mol. The first-order valence-electron chi connectivity index (χ1n) is 6.80. The maximum atomic E-state index is 12.7. The van der Waals surface area contributed by atoms with Gasteiger partial charge in [-0.05, 0) is 24.1 Å². The Morgan fingerprint density at radius 1 is 1.00 bits per heavy atom. The molecule has 1 amide bonds. The normalized spacial score (nSPS) is 17.6. The van der Waals surface area contributed by atoms with Gasteiger partial charge >= 0.3 is 0 Å². The summed E-state index contributed by atoms with van der Waals surface area (Å²) < 4.78 is 26.4. The van der Waals surface area contributed by atoms with Crippen molar-refractivity contribution in [1.29, 1.82) is 0 Å². The first-order valence-corrected chi connectivity index (χ1v) is 8.24. The number of hydrogen-bond acceptors (Lipinski definition) is 3. The van der Waals surface area contributed by atoms with Crippen LogP contribution in [0.4, 0.5) is 0 Å². The lowest BCUT2D eigenvalue weighted by Gasteiger charge is -2.26.